The van der Waals surface area contributed by atoms with Gasteiger partial charge in [0.15, 0.2) is 0 Å². The molecule has 0 aromatic heterocycles. The fraction of sp³-hybridized carbons (Fsp3) is 0.0769. The van der Waals surface area contributed by atoms with Gasteiger partial charge >= 0.3 is 0 Å². The molecule has 2 aromatic carbocycles. The fourth-order valence-electron chi connectivity index (χ4n) is 1.46. The minimum Gasteiger partial charge on any atom is -0.572 e. The molecule has 0 spiro atoms. The second-order valence-corrected chi connectivity index (χ2v) is 6.15. The van der Waals surface area contributed by atoms with E-state index >= 15 is 0 Å². The van der Waals surface area contributed by atoms with Crippen molar-refractivity contribution in [1.82, 2.24) is 0 Å². The van der Waals surface area contributed by atoms with Crippen LogP contribution >= 0.6 is 15.9 Å². The molecule has 2 rings (SSSR count). The lowest BCUT2D eigenvalue weighted by Gasteiger charge is -2.23. The van der Waals surface area contributed by atoms with E-state index in [1.165, 1.54) is 19.2 Å². The van der Waals surface area contributed by atoms with Crippen molar-refractivity contribution in [3.05, 3.63) is 57.7 Å². The number of halogens is 1. The molecule has 6 heteroatoms. The summed E-state index contributed by atoms with van der Waals surface area (Å²) in [7, 11) is -2.20. The highest BCUT2D eigenvalue weighted by Gasteiger charge is 2.05. The minimum absolute atomic E-state index is 0.129. The van der Waals surface area contributed by atoms with Gasteiger partial charge in [-0.15, -0.1) is 5.69 Å². The van der Waals surface area contributed by atoms with Crippen LogP contribution in [0.4, 0.5) is 5.69 Å². The summed E-state index contributed by atoms with van der Waals surface area (Å²) in [5, 5.41) is 0. The van der Waals surface area contributed by atoms with Crippen LogP contribution in [-0.4, -0.2) is 15.5 Å². The Hall–Kier alpha value is -1.53. The van der Waals surface area contributed by atoms with Crippen molar-refractivity contribution in [2.75, 3.05) is 7.11 Å². The van der Waals surface area contributed by atoms with Crippen LogP contribution in [0.15, 0.2) is 57.9 Å². The van der Waals surface area contributed by atoms with Gasteiger partial charge in [0, 0.05) is 4.47 Å². The van der Waals surface area contributed by atoms with E-state index < -0.39 is 10.0 Å². The van der Waals surface area contributed by atoms with Crippen molar-refractivity contribution >= 4 is 31.6 Å². The van der Waals surface area contributed by atoms with E-state index in [4.69, 9.17) is 4.74 Å². The zero-order chi connectivity index (χ0) is 13.9. The van der Waals surface area contributed by atoms with Crippen LogP contribution in [0, 0.1) is 0 Å². The van der Waals surface area contributed by atoms with Crippen LogP contribution in [0.2, 0.25) is 0 Å². The summed E-state index contributed by atoms with van der Waals surface area (Å²) in [6, 6.07) is 13.0. The van der Waals surface area contributed by atoms with Gasteiger partial charge in [-0.25, -0.2) is 8.42 Å². The number of ether oxygens (including phenoxy) is 1. The lowest BCUT2D eigenvalue weighted by atomic mass is 10.3. The van der Waals surface area contributed by atoms with E-state index in [0.29, 0.717) is 15.9 Å². The standard InChI is InChI=1S/C13H11BrNO3S/c1-18-10-6-8-11(9-7-10)19(16,17)15-13-5-3-2-4-12(13)14/h2-9H,1H3/q-1. The molecule has 0 fully saturated rings. The molecule has 100 valence electrons. The maximum Gasteiger partial charge on any atom is 0.123 e. The predicted octanol–water partition coefficient (Wildman–Crippen LogP) is 3.85. The van der Waals surface area contributed by atoms with E-state index in [0.717, 1.165) is 0 Å². The van der Waals surface area contributed by atoms with E-state index in [1.807, 2.05) is 0 Å². The summed E-state index contributed by atoms with van der Waals surface area (Å²) in [5.41, 5.74) is 0.373. The molecule has 0 saturated carbocycles. The Labute approximate surface area is 120 Å². The van der Waals surface area contributed by atoms with Crippen molar-refractivity contribution in [2.45, 2.75) is 4.90 Å². The lowest BCUT2D eigenvalue weighted by Crippen LogP contribution is -1.97. The van der Waals surface area contributed by atoms with Gasteiger partial charge in [-0.2, -0.15) is 0 Å². The van der Waals surface area contributed by atoms with Crippen molar-refractivity contribution < 1.29 is 13.2 Å². The molecule has 0 amide bonds. The molecule has 0 aliphatic rings. The SMILES string of the molecule is COc1ccc(S(=O)(=O)[N-]c2ccccc2Br)cc1. The van der Waals surface area contributed by atoms with Gasteiger partial charge in [0.05, 0.1) is 12.0 Å². The van der Waals surface area contributed by atoms with E-state index in [1.54, 1.807) is 36.4 Å². The molecule has 0 aliphatic carbocycles. The van der Waals surface area contributed by atoms with E-state index in [-0.39, 0.29) is 4.90 Å². The van der Waals surface area contributed by atoms with Gasteiger partial charge in [0.25, 0.3) is 0 Å². The Morgan fingerprint density at radius 1 is 1.05 bits per heavy atom. The van der Waals surface area contributed by atoms with Crippen LogP contribution in [0.1, 0.15) is 0 Å². The molecule has 0 atom stereocenters. The summed E-state index contributed by atoms with van der Waals surface area (Å²) in [6.45, 7) is 0. The number of nitrogens with zero attached hydrogens (tertiary/aromatic N) is 1. The number of hydrogen-bond donors (Lipinski definition) is 0. The van der Waals surface area contributed by atoms with Crippen molar-refractivity contribution in [3.63, 3.8) is 0 Å². The van der Waals surface area contributed by atoms with Gasteiger partial charge < -0.3 is 9.46 Å². The molecular formula is C13H11BrNO3S-. The molecule has 0 unspecified atom stereocenters. The lowest BCUT2D eigenvalue weighted by molar-refractivity contribution is 0.414. The first-order valence-corrected chi connectivity index (χ1v) is 7.63. The molecular weight excluding hydrogens is 330 g/mol. The summed E-state index contributed by atoms with van der Waals surface area (Å²) in [4.78, 5) is 0.129. The first-order chi connectivity index (χ1) is 9.03. The second kappa shape index (κ2) is 5.63. The molecule has 2 aromatic rings. The molecule has 19 heavy (non-hydrogen) atoms. The van der Waals surface area contributed by atoms with Gasteiger partial charge in [0.2, 0.25) is 0 Å². The maximum absolute atomic E-state index is 12.1. The molecule has 0 aliphatic heterocycles. The average molecular weight is 341 g/mol. The van der Waals surface area contributed by atoms with E-state index in [2.05, 4.69) is 20.7 Å². The van der Waals surface area contributed by atoms with Crippen molar-refractivity contribution in [1.29, 1.82) is 0 Å². The molecule has 0 radical (unpaired) electrons. The topological polar surface area (TPSA) is 57.5 Å². The molecule has 4 nitrogen and oxygen atoms in total. The van der Waals surface area contributed by atoms with Gasteiger partial charge in [-0.3, -0.25) is 0 Å². The molecule has 0 N–H and O–H groups in total. The Morgan fingerprint density at radius 3 is 2.26 bits per heavy atom. The first kappa shape index (κ1) is 13.9. The Kier molecular flexibility index (Phi) is 4.11. The largest absolute Gasteiger partial charge is 0.572 e. The smallest absolute Gasteiger partial charge is 0.123 e. The Bertz CT molecular complexity index is 669. The second-order valence-electron chi connectivity index (χ2n) is 3.69. The third kappa shape index (κ3) is 3.27. The van der Waals surface area contributed by atoms with Crippen LogP contribution in [0.25, 0.3) is 4.72 Å². The van der Waals surface area contributed by atoms with Crippen molar-refractivity contribution in [3.8, 4) is 5.75 Å². The van der Waals surface area contributed by atoms with Crippen LogP contribution in [0.3, 0.4) is 0 Å². The monoisotopic (exact) mass is 340 g/mol. The fourth-order valence-corrected chi connectivity index (χ4v) is 2.95. The highest BCUT2D eigenvalue weighted by Crippen LogP contribution is 2.34. The molecule has 0 saturated heterocycles. The summed E-state index contributed by atoms with van der Waals surface area (Å²) in [5.74, 6) is 0.597. The van der Waals surface area contributed by atoms with Crippen molar-refractivity contribution in [2.24, 2.45) is 0 Å². The van der Waals surface area contributed by atoms with Crippen LogP contribution in [0.5, 0.6) is 5.75 Å². The summed E-state index contributed by atoms with van der Waals surface area (Å²) in [6.07, 6.45) is 0. The Morgan fingerprint density at radius 2 is 1.68 bits per heavy atom. The molecule has 0 bridgehead atoms. The Balaban J connectivity index is 2.30. The van der Waals surface area contributed by atoms with Crippen LogP contribution in [-0.2, 0) is 10.0 Å². The minimum atomic E-state index is -3.72. The predicted molar refractivity (Wildman–Crippen MR) is 77.3 cm³/mol. The van der Waals surface area contributed by atoms with E-state index in [9.17, 15) is 8.42 Å². The highest BCUT2D eigenvalue weighted by molar-refractivity contribution is 9.10. The van der Waals surface area contributed by atoms with Gasteiger partial charge in [-0.05, 0) is 30.3 Å². The number of benzene rings is 2. The zero-order valence-corrected chi connectivity index (χ0v) is 12.5. The third-order valence-electron chi connectivity index (χ3n) is 2.43. The quantitative estimate of drug-likeness (QED) is 0.849. The number of methoxy groups -OCH3 is 1. The first-order valence-electron chi connectivity index (χ1n) is 5.39. The zero-order valence-electron chi connectivity index (χ0n) is 10.1. The number of rotatable bonds is 4. The third-order valence-corrected chi connectivity index (χ3v) is 4.40. The number of sulfonamides is 1. The summed E-state index contributed by atoms with van der Waals surface area (Å²) < 4.78 is 33.7. The van der Waals surface area contributed by atoms with Gasteiger partial charge in [0.1, 0.15) is 15.8 Å². The highest BCUT2D eigenvalue weighted by atomic mass is 79.9. The maximum atomic E-state index is 12.1. The summed E-state index contributed by atoms with van der Waals surface area (Å²) >= 11 is 3.27. The number of hydrogen-bond acceptors (Lipinski definition) is 3. The van der Waals surface area contributed by atoms with Gasteiger partial charge in [-0.1, -0.05) is 34.1 Å². The average Bonchev–Trinajstić information content (AvgIpc) is 2.41. The normalized spacial score (nSPS) is 11.1. The molecule has 0 heterocycles. The van der Waals surface area contributed by atoms with Crippen LogP contribution < -0.4 is 4.74 Å².